The van der Waals surface area contributed by atoms with Crippen molar-refractivity contribution in [3.05, 3.63) is 52.2 Å². The van der Waals surface area contributed by atoms with Crippen LogP contribution in [0.2, 0.25) is 0 Å². The second-order valence-electron chi connectivity index (χ2n) is 5.59. The molecule has 2 aromatic rings. The van der Waals surface area contributed by atoms with Crippen molar-refractivity contribution in [2.45, 2.75) is 26.3 Å². The number of nitrogens with zero attached hydrogens (tertiary/aromatic N) is 2. The van der Waals surface area contributed by atoms with Gasteiger partial charge in [0.15, 0.2) is 0 Å². The molecule has 1 saturated heterocycles. The Morgan fingerprint density at radius 3 is 2.61 bits per heavy atom. The summed E-state index contributed by atoms with van der Waals surface area (Å²) in [4.78, 5) is 29.2. The minimum absolute atomic E-state index is 0.0280. The van der Waals surface area contributed by atoms with Crippen molar-refractivity contribution in [3.8, 4) is 0 Å². The third kappa shape index (κ3) is 3.45. The van der Waals surface area contributed by atoms with Crippen molar-refractivity contribution >= 4 is 28.8 Å². The molecular weight excluding hydrogens is 308 g/mol. The second-order valence-corrected chi connectivity index (χ2v) is 6.63. The van der Waals surface area contributed by atoms with Crippen molar-refractivity contribution in [3.63, 3.8) is 0 Å². The zero-order valence-electron chi connectivity index (χ0n) is 13.2. The van der Waals surface area contributed by atoms with Gasteiger partial charge in [-0.05, 0) is 49.1 Å². The molecule has 0 saturated carbocycles. The highest BCUT2D eigenvalue weighted by atomic mass is 32.1. The van der Waals surface area contributed by atoms with Crippen molar-refractivity contribution < 1.29 is 9.59 Å². The number of carbonyl (C=O) groups excluding carboxylic acids is 2. The Balaban J connectivity index is 1.72. The number of hydrogen-bond acceptors (Lipinski definition) is 3. The van der Waals surface area contributed by atoms with E-state index in [0.29, 0.717) is 25.1 Å². The lowest BCUT2D eigenvalue weighted by molar-refractivity contribution is -0.117. The van der Waals surface area contributed by atoms with Gasteiger partial charge < -0.3 is 9.80 Å². The van der Waals surface area contributed by atoms with E-state index in [-0.39, 0.29) is 11.8 Å². The topological polar surface area (TPSA) is 40.6 Å². The monoisotopic (exact) mass is 328 g/mol. The molecule has 3 rings (SSSR count). The number of hydrogen-bond donors (Lipinski definition) is 0. The summed E-state index contributed by atoms with van der Waals surface area (Å²) >= 11 is 1.66. The maximum absolute atomic E-state index is 12.6. The highest BCUT2D eigenvalue weighted by Crippen LogP contribution is 2.22. The molecular formula is C18H20N2O2S. The van der Waals surface area contributed by atoms with Crippen LogP contribution in [0.15, 0.2) is 41.8 Å². The molecule has 4 nitrogen and oxygen atoms in total. The van der Waals surface area contributed by atoms with E-state index in [1.165, 1.54) is 4.88 Å². The molecule has 2 heterocycles. The molecule has 0 atom stereocenters. The van der Waals surface area contributed by atoms with Crippen LogP contribution >= 0.6 is 11.3 Å². The normalized spacial score (nSPS) is 14.3. The first kappa shape index (κ1) is 15.7. The van der Waals surface area contributed by atoms with Crippen LogP contribution in [0, 0.1) is 0 Å². The van der Waals surface area contributed by atoms with Crippen LogP contribution in [0.1, 0.15) is 35.0 Å². The number of thiophene rings is 1. The third-order valence-electron chi connectivity index (χ3n) is 4.10. The first-order chi connectivity index (χ1) is 11.2. The fraction of sp³-hybridized carbons (Fsp3) is 0.333. The van der Waals surface area contributed by atoms with E-state index in [4.69, 9.17) is 0 Å². The predicted octanol–water partition coefficient (Wildman–Crippen LogP) is 3.54. The average molecular weight is 328 g/mol. The highest BCUT2D eigenvalue weighted by molar-refractivity contribution is 7.09. The molecule has 0 spiro atoms. The van der Waals surface area contributed by atoms with Crippen LogP contribution < -0.4 is 4.90 Å². The summed E-state index contributed by atoms with van der Waals surface area (Å²) in [6.45, 7) is 4.07. The summed E-state index contributed by atoms with van der Waals surface area (Å²) in [7, 11) is 0. The molecule has 1 fully saturated rings. The molecule has 1 aromatic carbocycles. The molecule has 1 aromatic heterocycles. The van der Waals surface area contributed by atoms with Gasteiger partial charge in [0.2, 0.25) is 5.91 Å². The summed E-state index contributed by atoms with van der Waals surface area (Å²) in [6.07, 6.45) is 1.52. The number of rotatable bonds is 5. The van der Waals surface area contributed by atoms with Gasteiger partial charge in [0, 0.05) is 35.6 Å². The quantitative estimate of drug-likeness (QED) is 0.842. The number of benzene rings is 1. The summed E-state index contributed by atoms with van der Waals surface area (Å²) < 4.78 is 0. The van der Waals surface area contributed by atoms with Gasteiger partial charge in [0.05, 0.1) is 6.54 Å². The van der Waals surface area contributed by atoms with E-state index in [2.05, 4.69) is 0 Å². The fourth-order valence-corrected chi connectivity index (χ4v) is 3.52. The fourth-order valence-electron chi connectivity index (χ4n) is 2.81. The molecule has 1 aliphatic rings. The first-order valence-corrected chi connectivity index (χ1v) is 8.79. The maximum Gasteiger partial charge on any atom is 0.254 e. The van der Waals surface area contributed by atoms with E-state index in [9.17, 15) is 9.59 Å². The standard InChI is InChI=1S/C18H20N2O2S/c1-2-19(13-16-5-4-12-23-16)18(22)14-7-9-15(10-8-14)20-11-3-6-17(20)21/h4-5,7-10,12H,2-3,6,11,13H2,1H3. The molecule has 0 unspecified atom stereocenters. The van der Waals surface area contributed by atoms with Gasteiger partial charge in [-0.3, -0.25) is 9.59 Å². The van der Waals surface area contributed by atoms with Crippen LogP contribution in [0.3, 0.4) is 0 Å². The lowest BCUT2D eigenvalue weighted by Crippen LogP contribution is -2.30. The van der Waals surface area contributed by atoms with Gasteiger partial charge in [0.25, 0.3) is 5.91 Å². The second kappa shape index (κ2) is 6.96. The van der Waals surface area contributed by atoms with E-state index in [1.54, 1.807) is 16.2 Å². The Kier molecular flexibility index (Phi) is 4.76. The molecule has 23 heavy (non-hydrogen) atoms. The van der Waals surface area contributed by atoms with Crippen molar-refractivity contribution in [2.24, 2.45) is 0 Å². The SMILES string of the molecule is CCN(Cc1cccs1)C(=O)c1ccc(N2CCCC2=O)cc1. The number of amides is 2. The van der Waals surface area contributed by atoms with E-state index >= 15 is 0 Å². The van der Waals surface area contributed by atoms with E-state index < -0.39 is 0 Å². The summed E-state index contributed by atoms with van der Waals surface area (Å²) in [5, 5.41) is 2.02. The van der Waals surface area contributed by atoms with Gasteiger partial charge in [-0.2, -0.15) is 0 Å². The Bertz CT molecular complexity index is 680. The summed E-state index contributed by atoms with van der Waals surface area (Å²) in [5.74, 6) is 0.192. The van der Waals surface area contributed by atoms with E-state index in [1.807, 2.05) is 53.6 Å². The van der Waals surface area contributed by atoms with Crippen LogP contribution in [0.4, 0.5) is 5.69 Å². The lowest BCUT2D eigenvalue weighted by Gasteiger charge is -2.21. The highest BCUT2D eigenvalue weighted by Gasteiger charge is 2.22. The molecule has 120 valence electrons. The molecule has 5 heteroatoms. The Morgan fingerprint density at radius 2 is 2.04 bits per heavy atom. The van der Waals surface area contributed by atoms with Crippen molar-refractivity contribution in [1.29, 1.82) is 0 Å². The van der Waals surface area contributed by atoms with Gasteiger partial charge in [-0.25, -0.2) is 0 Å². The van der Waals surface area contributed by atoms with Gasteiger partial charge >= 0.3 is 0 Å². The zero-order valence-corrected chi connectivity index (χ0v) is 14.0. The van der Waals surface area contributed by atoms with Crippen LogP contribution in [-0.2, 0) is 11.3 Å². The molecule has 2 amide bonds. The zero-order chi connectivity index (χ0) is 16.2. The lowest BCUT2D eigenvalue weighted by atomic mass is 10.1. The Labute approximate surface area is 140 Å². The minimum atomic E-state index is 0.0280. The van der Waals surface area contributed by atoms with Gasteiger partial charge in [-0.1, -0.05) is 6.07 Å². The summed E-state index contributed by atoms with van der Waals surface area (Å²) in [6, 6.07) is 11.4. The van der Waals surface area contributed by atoms with Gasteiger partial charge in [-0.15, -0.1) is 11.3 Å². The van der Waals surface area contributed by atoms with Crippen molar-refractivity contribution in [1.82, 2.24) is 4.90 Å². The van der Waals surface area contributed by atoms with Crippen LogP contribution in [0.25, 0.3) is 0 Å². The minimum Gasteiger partial charge on any atom is -0.334 e. The molecule has 0 N–H and O–H groups in total. The number of anilines is 1. The largest absolute Gasteiger partial charge is 0.334 e. The summed E-state index contributed by atoms with van der Waals surface area (Å²) in [5.41, 5.74) is 1.55. The average Bonchev–Trinajstić information content (AvgIpc) is 3.23. The smallest absolute Gasteiger partial charge is 0.254 e. The molecule has 1 aliphatic heterocycles. The number of carbonyl (C=O) groups is 2. The van der Waals surface area contributed by atoms with Crippen LogP contribution in [-0.4, -0.2) is 29.8 Å². The van der Waals surface area contributed by atoms with E-state index in [0.717, 1.165) is 18.7 Å². The molecule has 0 radical (unpaired) electrons. The first-order valence-electron chi connectivity index (χ1n) is 7.91. The molecule has 0 aliphatic carbocycles. The Hall–Kier alpha value is -2.14. The van der Waals surface area contributed by atoms with Gasteiger partial charge in [0.1, 0.15) is 0 Å². The predicted molar refractivity (Wildman–Crippen MR) is 92.8 cm³/mol. The van der Waals surface area contributed by atoms with Crippen molar-refractivity contribution in [2.75, 3.05) is 18.0 Å². The van der Waals surface area contributed by atoms with Crippen LogP contribution in [0.5, 0.6) is 0 Å². The Morgan fingerprint density at radius 1 is 1.26 bits per heavy atom. The third-order valence-corrected chi connectivity index (χ3v) is 4.96. The molecule has 0 bridgehead atoms. The maximum atomic E-state index is 12.6.